The lowest BCUT2D eigenvalue weighted by Gasteiger charge is -2.20. The van der Waals surface area contributed by atoms with Crippen LogP contribution in [0.2, 0.25) is 0 Å². The maximum absolute atomic E-state index is 14.8. The highest BCUT2D eigenvalue weighted by atomic mass is 19.1. The normalized spacial score (nSPS) is 20.1. The lowest BCUT2D eigenvalue weighted by atomic mass is 9.91. The molecule has 7 nitrogen and oxygen atoms in total. The van der Waals surface area contributed by atoms with E-state index in [-0.39, 0.29) is 19.7 Å². The number of aliphatic hydroxyl groups excluding tert-OH is 1. The fraction of sp³-hybridized carbons (Fsp3) is 0.333. The van der Waals surface area contributed by atoms with Gasteiger partial charge in [0.15, 0.2) is 0 Å². The molecule has 2 aromatic carbocycles. The second-order valence-corrected chi connectivity index (χ2v) is 7.28. The average molecular weight is 417 g/mol. The Morgan fingerprint density at radius 3 is 2.73 bits per heavy atom. The number of hydrogen-bond acceptors (Lipinski definition) is 4. The lowest BCUT2D eigenvalue weighted by Crippen LogP contribution is -2.45. The minimum atomic E-state index is -1.01. The van der Waals surface area contributed by atoms with Crippen LogP contribution in [0, 0.1) is 11.6 Å². The van der Waals surface area contributed by atoms with Gasteiger partial charge in [0, 0.05) is 37.2 Å². The number of carbonyl (C=O) groups excluding carboxylic acids is 2. The molecule has 158 valence electrons. The first-order valence-corrected chi connectivity index (χ1v) is 9.64. The summed E-state index contributed by atoms with van der Waals surface area (Å²) in [6, 6.07) is 6.50. The van der Waals surface area contributed by atoms with Crippen molar-refractivity contribution in [3.63, 3.8) is 0 Å². The molecule has 3 amide bonds. The predicted molar refractivity (Wildman–Crippen MR) is 104 cm³/mol. The molecule has 0 radical (unpaired) electrons. The summed E-state index contributed by atoms with van der Waals surface area (Å²) in [5, 5.41) is 14.4. The first-order valence-electron chi connectivity index (χ1n) is 9.64. The molecule has 1 saturated heterocycles. The Morgan fingerprint density at radius 2 is 2.00 bits per heavy atom. The number of urea groups is 1. The number of hydrogen-bond donors (Lipinski definition) is 3. The summed E-state index contributed by atoms with van der Waals surface area (Å²) in [5.41, 5.74) is 1.53. The van der Waals surface area contributed by atoms with Gasteiger partial charge in [-0.05, 0) is 41.5 Å². The fourth-order valence-corrected chi connectivity index (χ4v) is 3.91. The van der Waals surface area contributed by atoms with Crippen molar-refractivity contribution in [2.45, 2.75) is 18.4 Å². The number of aliphatic hydroxyl groups is 1. The average Bonchev–Trinajstić information content (AvgIpc) is 3.28. The van der Waals surface area contributed by atoms with Gasteiger partial charge < -0.3 is 25.4 Å². The molecule has 2 atom stereocenters. The number of carbonyl (C=O) groups is 2. The monoisotopic (exact) mass is 417 g/mol. The Hall–Kier alpha value is -3.20. The summed E-state index contributed by atoms with van der Waals surface area (Å²) in [4.78, 5) is 26.7. The van der Waals surface area contributed by atoms with Crippen molar-refractivity contribution < 1.29 is 28.2 Å². The Balaban J connectivity index is 1.57. The van der Waals surface area contributed by atoms with E-state index in [1.165, 1.54) is 35.2 Å². The molecule has 3 N–H and O–H groups in total. The number of anilines is 1. The van der Waals surface area contributed by atoms with Gasteiger partial charge in [-0.15, -0.1) is 0 Å². The minimum absolute atomic E-state index is 0.0861. The van der Waals surface area contributed by atoms with Gasteiger partial charge in [-0.2, -0.15) is 0 Å². The van der Waals surface area contributed by atoms with Gasteiger partial charge in [-0.1, -0.05) is 0 Å². The van der Waals surface area contributed by atoms with E-state index in [0.717, 1.165) is 5.56 Å². The third-order valence-electron chi connectivity index (χ3n) is 5.36. The number of β-amino-alcohol motifs (C(OH)–C–C–N with tert-alkyl or cyclic N) is 1. The number of ether oxygens (including phenoxy) is 1. The summed E-state index contributed by atoms with van der Waals surface area (Å²) in [6.45, 7) is 0.480. The van der Waals surface area contributed by atoms with Crippen molar-refractivity contribution in [2.24, 2.45) is 0 Å². The van der Waals surface area contributed by atoms with Crippen LogP contribution in [0.3, 0.4) is 0 Å². The van der Waals surface area contributed by atoms with Crippen molar-refractivity contribution in [1.82, 2.24) is 10.2 Å². The Morgan fingerprint density at radius 1 is 1.23 bits per heavy atom. The topological polar surface area (TPSA) is 90.9 Å². The third kappa shape index (κ3) is 3.93. The SMILES string of the molecule is O=C(Nc1ccc(F)cc1)NC1C(=O)N(CCO)CC1c1cc2c(cc1F)OCC2. The number of halogens is 2. The molecule has 0 saturated carbocycles. The van der Waals surface area contributed by atoms with E-state index in [4.69, 9.17) is 4.74 Å². The standard InChI is InChI=1S/C21H21F2N3O4/c22-13-1-3-14(4-2-13)24-21(29)25-19-16(11-26(6-7-27)20(19)28)15-9-12-5-8-30-18(12)10-17(15)23/h1-4,9-10,16,19,27H,5-8,11H2,(H2,24,25,29). The number of nitrogens with one attached hydrogen (secondary N) is 2. The summed E-state index contributed by atoms with van der Waals surface area (Å²) in [5.74, 6) is -1.49. The van der Waals surface area contributed by atoms with E-state index >= 15 is 0 Å². The molecule has 0 spiro atoms. The zero-order chi connectivity index (χ0) is 21.3. The smallest absolute Gasteiger partial charge is 0.319 e. The molecule has 4 rings (SSSR count). The van der Waals surface area contributed by atoms with E-state index in [9.17, 15) is 23.5 Å². The van der Waals surface area contributed by atoms with E-state index in [1.54, 1.807) is 6.07 Å². The molecular formula is C21H21F2N3O4. The summed E-state index contributed by atoms with van der Waals surface area (Å²) in [7, 11) is 0. The molecule has 9 heteroatoms. The second kappa shape index (κ2) is 8.27. The highest BCUT2D eigenvalue weighted by molar-refractivity contribution is 5.95. The molecule has 0 aromatic heterocycles. The molecule has 1 fully saturated rings. The van der Waals surface area contributed by atoms with Gasteiger partial charge >= 0.3 is 6.03 Å². The predicted octanol–water partition coefficient (Wildman–Crippen LogP) is 2.01. The van der Waals surface area contributed by atoms with Crippen molar-refractivity contribution in [2.75, 3.05) is 31.6 Å². The molecular weight excluding hydrogens is 396 g/mol. The maximum atomic E-state index is 14.8. The number of amides is 3. The van der Waals surface area contributed by atoms with Gasteiger partial charge in [0.2, 0.25) is 5.91 Å². The van der Waals surface area contributed by atoms with Crippen LogP contribution in [0.25, 0.3) is 0 Å². The van der Waals surface area contributed by atoms with Crippen LogP contribution in [-0.2, 0) is 11.2 Å². The molecule has 2 heterocycles. The van der Waals surface area contributed by atoms with Gasteiger partial charge in [0.1, 0.15) is 23.4 Å². The molecule has 30 heavy (non-hydrogen) atoms. The maximum Gasteiger partial charge on any atom is 0.319 e. The summed E-state index contributed by atoms with van der Waals surface area (Å²) >= 11 is 0. The Kier molecular flexibility index (Phi) is 5.54. The van der Waals surface area contributed by atoms with E-state index in [1.807, 2.05) is 0 Å². The van der Waals surface area contributed by atoms with Gasteiger partial charge in [0.25, 0.3) is 0 Å². The van der Waals surface area contributed by atoms with Crippen LogP contribution in [0.5, 0.6) is 5.75 Å². The first-order chi connectivity index (χ1) is 14.5. The fourth-order valence-electron chi connectivity index (χ4n) is 3.91. The van der Waals surface area contributed by atoms with Crippen LogP contribution in [0.4, 0.5) is 19.3 Å². The van der Waals surface area contributed by atoms with Gasteiger partial charge in [0.05, 0.1) is 13.2 Å². The highest BCUT2D eigenvalue weighted by Gasteiger charge is 2.43. The summed E-state index contributed by atoms with van der Waals surface area (Å²) < 4.78 is 33.2. The number of benzene rings is 2. The molecule has 2 aromatic rings. The third-order valence-corrected chi connectivity index (χ3v) is 5.36. The number of nitrogens with zero attached hydrogens (tertiary/aromatic N) is 1. The van der Waals surface area contributed by atoms with Crippen LogP contribution >= 0.6 is 0 Å². The molecule has 0 bridgehead atoms. The Labute approximate surface area is 171 Å². The lowest BCUT2D eigenvalue weighted by molar-refractivity contribution is -0.129. The number of rotatable bonds is 5. The van der Waals surface area contributed by atoms with Crippen LogP contribution in [0.15, 0.2) is 36.4 Å². The molecule has 2 unspecified atom stereocenters. The van der Waals surface area contributed by atoms with Crippen LogP contribution in [0.1, 0.15) is 17.0 Å². The largest absolute Gasteiger partial charge is 0.493 e. The highest BCUT2D eigenvalue weighted by Crippen LogP contribution is 2.36. The quantitative estimate of drug-likeness (QED) is 0.694. The van der Waals surface area contributed by atoms with Crippen LogP contribution in [-0.4, -0.2) is 54.3 Å². The molecule has 2 aliphatic rings. The van der Waals surface area contributed by atoms with Gasteiger partial charge in [-0.25, -0.2) is 13.6 Å². The van der Waals surface area contributed by atoms with Crippen molar-refractivity contribution in [3.8, 4) is 5.75 Å². The first kappa shape index (κ1) is 20.1. The number of fused-ring (bicyclic) bond motifs is 1. The second-order valence-electron chi connectivity index (χ2n) is 7.28. The zero-order valence-corrected chi connectivity index (χ0v) is 16.0. The van der Waals surface area contributed by atoms with E-state index in [0.29, 0.717) is 30.0 Å². The van der Waals surface area contributed by atoms with Crippen molar-refractivity contribution in [3.05, 3.63) is 59.2 Å². The zero-order valence-electron chi connectivity index (χ0n) is 16.0. The molecule has 0 aliphatic carbocycles. The summed E-state index contributed by atoms with van der Waals surface area (Å²) in [6.07, 6.45) is 0.646. The minimum Gasteiger partial charge on any atom is -0.493 e. The van der Waals surface area contributed by atoms with Crippen molar-refractivity contribution >= 4 is 17.6 Å². The Bertz CT molecular complexity index is 967. The van der Waals surface area contributed by atoms with E-state index in [2.05, 4.69) is 10.6 Å². The van der Waals surface area contributed by atoms with Crippen molar-refractivity contribution in [1.29, 1.82) is 0 Å². The van der Waals surface area contributed by atoms with Crippen LogP contribution < -0.4 is 15.4 Å². The number of likely N-dealkylation sites (tertiary alicyclic amines) is 1. The van der Waals surface area contributed by atoms with Gasteiger partial charge in [-0.3, -0.25) is 4.79 Å². The van der Waals surface area contributed by atoms with E-state index < -0.39 is 35.5 Å². The molecule has 2 aliphatic heterocycles.